The number of rotatable bonds is 12. The molecule has 1 aromatic heterocycles. The molecule has 0 aliphatic rings. The van der Waals surface area contributed by atoms with Crippen LogP contribution in [0.2, 0.25) is 0 Å². The molecule has 9 nitrogen and oxygen atoms in total. The van der Waals surface area contributed by atoms with E-state index in [1.165, 1.54) is 11.8 Å². The number of nitrogens with two attached hydrogens (primary N) is 1. The number of methoxy groups -OCH3 is 1. The Morgan fingerprint density at radius 3 is 2.63 bits per heavy atom. The normalized spacial score (nSPS) is 11.9. The molecule has 0 aliphatic carbocycles. The van der Waals surface area contributed by atoms with Crippen molar-refractivity contribution in [3.05, 3.63) is 57.0 Å². The van der Waals surface area contributed by atoms with Gasteiger partial charge in [-0.1, -0.05) is 37.3 Å². The van der Waals surface area contributed by atoms with Crippen molar-refractivity contribution in [2.24, 2.45) is 5.10 Å². The van der Waals surface area contributed by atoms with Crippen LogP contribution in [0.1, 0.15) is 42.3 Å². The van der Waals surface area contributed by atoms with Crippen molar-refractivity contribution < 1.29 is 19.0 Å². The summed E-state index contributed by atoms with van der Waals surface area (Å²) < 4.78 is 17.8. The summed E-state index contributed by atoms with van der Waals surface area (Å²) in [6, 6.07) is 11.7. The van der Waals surface area contributed by atoms with Gasteiger partial charge >= 0.3 is 0 Å². The molecule has 0 spiro atoms. The standard InChI is InChI=1S/C24H28BrN5O4S/c1-4-15(2)17-5-7-18(8-6-17)33-9-10-34-23-19(25)11-16(12-20(23)32-3)14-27-28-21(31)13-22-29-30-24(26)35-22/h5-8,11-12,14-15H,4,9-10,13H2,1-3H3,(H2,26,30)(H,28,31)/b27-14-/t15-/m1/s1. The highest BCUT2D eigenvalue weighted by Crippen LogP contribution is 2.36. The minimum atomic E-state index is -0.321. The number of anilines is 1. The van der Waals surface area contributed by atoms with Crippen molar-refractivity contribution in [1.29, 1.82) is 0 Å². The van der Waals surface area contributed by atoms with Gasteiger partial charge in [0.25, 0.3) is 0 Å². The Balaban J connectivity index is 1.51. The first-order valence-electron chi connectivity index (χ1n) is 11.0. The van der Waals surface area contributed by atoms with E-state index >= 15 is 0 Å². The van der Waals surface area contributed by atoms with Gasteiger partial charge in [0.05, 0.1) is 24.2 Å². The summed E-state index contributed by atoms with van der Waals surface area (Å²) in [4.78, 5) is 12.0. The van der Waals surface area contributed by atoms with Crippen molar-refractivity contribution in [2.75, 3.05) is 26.1 Å². The Morgan fingerprint density at radius 2 is 1.97 bits per heavy atom. The lowest BCUT2D eigenvalue weighted by Gasteiger charge is -2.14. The van der Waals surface area contributed by atoms with E-state index in [4.69, 9.17) is 19.9 Å². The molecule has 0 unspecified atom stereocenters. The molecule has 0 bridgehead atoms. The molecule has 0 aliphatic heterocycles. The number of aromatic nitrogens is 2. The number of hydrogen-bond donors (Lipinski definition) is 2. The fourth-order valence-electron chi connectivity index (χ4n) is 3.08. The van der Waals surface area contributed by atoms with Crippen LogP contribution in [0.5, 0.6) is 17.2 Å². The molecule has 0 radical (unpaired) electrons. The summed E-state index contributed by atoms with van der Waals surface area (Å²) in [7, 11) is 1.56. The summed E-state index contributed by atoms with van der Waals surface area (Å²) in [6.07, 6.45) is 2.66. The van der Waals surface area contributed by atoms with Crippen molar-refractivity contribution in [3.63, 3.8) is 0 Å². The largest absolute Gasteiger partial charge is 0.493 e. The van der Waals surface area contributed by atoms with Gasteiger partial charge in [0.1, 0.15) is 24.0 Å². The number of nitrogens with one attached hydrogen (secondary N) is 1. The molecule has 186 valence electrons. The number of amides is 1. The third-order valence-electron chi connectivity index (χ3n) is 5.11. The van der Waals surface area contributed by atoms with Gasteiger partial charge in [0.2, 0.25) is 11.0 Å². The third kappa shape index (κ3) is 7.93. The number of nitrogens with zero attached hydrogens (tertiary/aromatic N) is 3. The van der Waals surface area contributed by atoms with Gasteiger partial charge < -0.3 is 19.9 Å². The number of carbonyl (C=O) groups is 1. The van der Waals surface area contributed by atoms with Gasteiger partial charge in [0.15, 0.2) is 11.5 Å². The van der Waals surface area contributed by atoms with E-state index in [1.54, 1.807) is 13.2 Å². The number of hydrazone groups is 1. The predicted octanol–water partition coefficient (Wildman–Crippen LogP) is 4.56. The second-order valence-corrected chi connectivity index (χ2v) is 9.56. The van der Waals surface area contributed by atoms with Crippen LogP contribution in [-0.4, -0.2) is 42.6 Å². The molecule has 2 aromatic carbocycles. The quantitative estimate of drug-likeness (QED) is 0.189. The minimum Gasteiger partial charge on any atom is -0.493 e. The van der Waals surface area contributed by atoms with Crippen LogP contribution in [0.25, 0.3) is 0 Å². The Hall–Kier alpha value is -3.18. The highest BCUT2D eigenvalue weighted by molar-refractivity contribution is 9.10. The van der Waals surface area contributed by atoms with E-state index < -0.39 is 0 Å². The zero-order chi connectivity index (χ0) is 25.2. The Morgan fingerprint density at radius 1 is 1.23 bits per heavy atom. The van der Waals surface area contributed by atoms with E-state index in [0.717, 1.165) is 23.5 Å². The molecule has 11 heteroatoms. The number of halogens is 1. The summed E-state index contributed by atoms with van der Waals surface area (Å²) in [5.74, 6) is 2.09. The molecular formula is C24H28BrN5O4S. The van der Waals surface area contributed by atoms with E-state index in [0.29, 0.717) is 50.8 Å². The van der Waals surface area contributed by atoms with Crippen molar-refractivity contribution in [2.45, 2.75) is 32.6 Å². The van der Waals surface area contributed by atoms with Crippen molar-refractivity contribution in [3.8, 4) is 17.2 Å². The zero-order valence-corrected chi connectivity index (χ0v) is 22.2. The maximum absolute atomic E-state index is 12.0. The first kappa shape index (κ1) is 26.4. The molecule has 0 saturated carbocycles. The topological polar surface area (TPSA) is 121 Å². The van der Waals surface area contributed by atoms with Gasteiger partial charge in [-0.25, -0.2) is 5.43 Å². The van der Waals surface area contributed by atoms with Crippen molar-refractivity contribution >= 4 is 44.5 Å². The number of ether oxygens (including phenoxy) is 3. The van der Waals surface area contributed by atoms with E-state index in [2.05, 4.69) is 62.6 Å². The molecule has 35 heavy (non-hydrogen) atoms. The van der Waals surface area contributed by atoms with Crippen molar-refractivity contribution in [1.82, 2.24) is 15.6 Å². The third-order valence-corrected chi connectivity index (χ3v) is 6.45. The van der Waals surface area contributed by atoms with E-state index in [-0.39, 0.29) is 12.3 Å². The monoisotopic (exact) mass is 561 g/mol. The second-order valence-electron chi connectivity index (χ2n) is 7.61. The van der Waals surface area contributed by atoms with Crippen LogP contribution in [-0.2, 0) is 11.2 Å². The van der Waals surface area contributed by atoms with Crippen LogP contribution >= 0.6 is 27.3 Å². The first-order valence-corrected chi connectivity index (χ1v) is 12.6. The molecule has 1 amide bonds. The summed E-state index contributed by atoms with van der Waals surface area (Å²) in [5, 5.41) is 12.3. The fraction of sp³-hybridized carbons (Fsp3) is 0.333. The van der Waals surface area contributed by atoms with Gasteiger partial charge in [-0.15, -0.1) is 10.2 Å². The fourth-order valence-corrected chi connectivity index (χ4v) is 4.26. The Labute approximate surface area is 216 Å². The summed E-state index contributed by atoms with van der Waals surface area (Å²) >= 11 is 4.67. The number of hydrogen-bond acceptors (Lipinski definition) is 9. The van der Waals surface area contributed by atoms with E-state index in [1.807, 2.05) is 18.2 Å². The Kier molecular flexibility index (Phi) is 9.86. The van der Waals surface area contributed by atoms with Gasteiger partial charge in [-0.3, -0.25) is 4.79 Å². The number of benzene rings is 2. The molecule has 3 N–H and O–H groups in total. The lowest BCUT2D eigenvalue weighted by atomic mass is 9.99. The number of nitrogen functional groups attached to an aromatic ring is 1. The van der Waals surface area contributed by atoms with Crippen LogP contribution in [0.3, 0.4) is 0 Å². The Bertz CT molecular complexity index is 1150. The smallest absolute Gasteiger partial charge is 0.247 e. The average Bonchev–Trinajstić information content (AvgIpc) is 3.26. The average molecular weight is 562 g/mol. The predicted molar refractivity (Wildman–Crippen MR) is 141 cm³/mol. The molecule has 1 atom stereocenters. The molecular weight excluding hydrogens is 534 g/mol. The van der Waals surface area contributed by atoms with E-state index in [9.17, 15) is 4.79 Å². The van der Waals surface area contributed by atoms with Gasteiger partial charge in [-0.05, 0) is 63.7 Å². The summed E-state index contributed by atoms with van der Waals surface area (Å²) in [6.45, 7) is 5.10. The molecule has 0 fully saturated rings. The minimum absolute atomic E-state index is 0.0517. The highest BCUT2D eigenvalue weighted by atomic mass is 79.9. The van der Waals surface area contributed by atoms with Crippen LogP contribution in [0, 0.1) is 0 Å². The lowest BCUT2D eigenvalue weighted by Crippen LogP contribution is -2.19. The number of carbonyl (C=O) groups excluding carboxylic acids is 1. The van der Waals surface area contributed by atoms with Gasteiger partial charge in [0, 0.05) is 0 Å². The first-order chi connectivity index (χ1) is 16.9. The maximum atomic E-state index is 12.0. The zero-order valence-electron chi connectivity index (χ0n) is 19.8. The van der Waals surface area contributed by atoms with Crippen LogP contribution in [0.15, 0.2) is 46.0 Å². The van der Waals surface area contributed by atoms with Crippen LogP contribution in [0.4, 0.5) is 5.13 Å². The summed E-state index contributed by atoms with van der Waals surface area (Å²) in [5.41, 5.74) is 9.98. The van der Waals surface area contributed by atoms with Gasteiger partial charge in [-0.2, -0.15) is 5.10 Å². The van der Waals surface area contributed by atoms with Crippen LogP contribution < -0.4 is 25.4 Å². The molecule has 3 aromatic rings. The molecule has 0 saturated heterocycles. The highest BCUT2D eigenvalue weighted by Gasteiger charge is 2.12. The SMILES string of the molecule is CC[C@@H](C)c1ccc(OCCOc2c(Br)cc(/C=N\NC(=O)Cc3nnc(N)s3)cc2OC)cc1. The molecule has 1 heterocycles. The lowest BCUT2D eigenvalue weighted by molar-refractivity contribution is -0.120. The molecule has 3 rings (SSSR count). The second kappa shape index (κ2) is 13.1. The maximum Gasteiger partial charge on any atom is 0.247 e.